The van der Waals surface area contributed by atoms with Crippen LogP contribution in [-0.4, -0.2) is 19.6 Å². The first-order chi connectivity index (χ1) is 26.5. The molecule has 0 unspecified atom stereocenters. The highest BCUT2D eigenvalue weighted by molar-refractivity contribution is 6.09. The van der Waals surface area contributed by atoms with E-state index in [1.807, 2.05) is 6.20 Å². The maximum absolute atomic E-state index is 12.3. The van der Waals surface area contributed by atoms with Gasteiger partial charge in [-0.15, -0.1) is 0 Å². The Balaban J connectivity index is 1.53. The van der Waals surface area contributed by atoms with E-state index in [2.05, 4.69) is 205 Å². The highest BCUT2D eigenvalue weighted by Crippen LogP contribution is 2.45. The van der Waals surface area contributed by atoms with Crippen LogP contribution in [0.5, 0.6) is 5.75 Å². The van der Waals surface area contributed by atoms with E-state index in [-0.39, 0.29) is 27.1 Å². The molecule has 3 heterocycles. The van der Waals surface area contributed by atoms with Crippen LogP contribution in [0.1, 0.15) is 130 Å². The number of pyridine rings is 2. The minimum absolute atomic E-state index is 0.0424. The summed E-state index contributed by atoms with van der Waals surface area (Å²) in [5.74, 6) is 0.298. The Kier molecular flexibility index (Phi) is 9.62. The molecular formula is C53H61N3O. The van der Waals surface area contributed by atoms with Gasteiger partial charge < -0.3 is 5.11 Å². The number of phenols is 1. The number of hydrogen-bond donors (Lipinski definition) is 1. The molecule has 3 aromatic heterocycles. The van der Waals surface area contributed by atoms with Crippen molar-refractivity contribution in [3.05, 3.63) is 143 Å². The molecule has 0 spiro atoms. The van der Waals surface area contributed by atoms with Crippen molar-refractivity contribution in [3.63, 3.8) is 0 Å². The zero-order valence-corrected chi connectivity index (χ0v) is 36.7. The second-order valence-corrected chi connectivity index (χ2v) is 20.7. The molecule has 0 atom stereocenters. The van der Waals surface area contributed by atoms with Gasteiger partial charge in [0.15, 0.2) is 0 Å². The average molecular weight is 756 g/mol. The first-order valence-corrected chi connectivity index (χ1v) is 20.5. The summed E-state index contributed by atoms with van der Waals surface area (Å²) in [5, 5.41) is 14.6. The van der Waals surface area contributed by atoms with Crippen molar-refractivity contribution >= 4 is 21.9 Å². The van der Waals surface area contributed by atoms with Crippen LogP contribution >= 0.6 is 0 Å². The second-order valence-electron chi connectivity index (χ2n) is 20.7. The van der Waals surface area contributed by atoms with Crippen molar-refractivity contribution in [1.29, 1.82) is 0 Å². The van der Waals surface area contributed by atoms with Crippen LogP contribution in [0.15, 0.2) is 109 Å². The lowest BCUT2D eigenvalue weighted by Crippen LogP contribution is -2.21. The lowest BCUT2D eigenvalue weighted by Gasteiger charge is -2.28. The van der Waals surface area contributed by atoms with Gasteiger partial charge in [-0.25, -0.2) is 4.98 Å². The number of aromatic nitrogens is 3. The highest BCUT2D eigenvalue weighted by atomic mass is 16.3. The van der Waals surface area contributed by atoms with Gasteiger partial charge in [0.25, 0.3) is 0 Å². The summed E-state index contributed by atoms with van der Waals surface area (Å²) in [4.78, 5) is 10.6. The van der Waals surface area contributed by atoms with Crippen LogP contribution < -0.4 is 0 Å². The Morgan fingerprint density at radius 3 is 1.77 bits per heavy atom. The SMILES string of the molecule is CC(C)(C)c1cc(-n2c3ccc(C(C)(C)C)cc3c3cc(C(C)(C)C)c(-c4cccc(C(C)(C)c5cc(-c6ccccc6)ccn5)c4)nc32)c(O)c(C(C)(C)C)c1. The smallest absolute Gasteiger partial charge is 0.146 e. The first kappa shape index (κ1) is 40.0. The van der Waals surface area contributed by atoms with E-state index < -0.39 is 0 Å². The molecule has 7 rings (SSSR count). The van der Waals surface area contributed by atoms with E-state index in [0.717, 1.165) is 55.7 Å². The Morgan fingerprint density at radius 1 is 0.491 bits per heavy atom. The first-order valence-electron chi connectivity index (χ1n) is 20.5. The van der Waals surface area contributed by atoms with Crippen molar-refractivity contribution in [2.24, 2.45) is 0 Å². The summed E-state index contributed by atoms with van der Waals surface area (Å²) in [6.45, 7) is 31.4. The zero-order chi connectivity index (χ0) is 41.5. The standard InChI is InChI=1S/C53H61N3O/c1-49(2,3)36-23-24-43-39(29-36)40-32-41(51(7,8)9)46(55-48(40)56(43)44-31-38(50(4,5)6)30-42(47(44)57)52(10,11)12)35-21-18-22-37(27-35)53(13,14)45-28-34(25-26-54-45)33-19-16-15-17-20-33/h15-32,57H,1-14H3. The predicted molar refractivity (Wildman–Crippen MR) is 242 cm³/mol. The molecular weight excluding hydrogens is 695 g/mol. The summed E-state index contributed by atoms with van der Waals surface area (Å²) in [6, 6.07) is 37.2. The number of hydrogen-bond acceptors (Lipinski definition) is 3. The zero-order valence-electron chi connectivity index (χ0n) is 36.7. The van der Waals surface area contributed by atoms with Crippen molar-refractivity contribution in [2.75, 3.05) is 0 Å². The van der Waals surface area contributed by atoms with Gasteiger partial charge in [0, 0.05) is 33.5 Å². The Labute approximate surface area is 341 Å². The van der Waals surface area contributed by atoms with Crippen molar-refractivity contribution in [1.82, 2.24) is 14.5 Å². The van der Waals surface area contributed by atoms with Gasteiger partial charge in [-0.2, -0.15) is 0 Å². The average Bonchev–Trinajstić information content (AvgIpc) is 3.46. The third-order valence-corrected chi connectivity index (χ3v) is 11.8. The van der Waals surface area contributed by atoms with Gasteiger partial charge in [0.1, 0.15) is 11.4 Å². The largest absolute Gasteiger partial charge is 0.505 e. The molecule has 0 amide bonds. The Morgan fingerprint density at radius 2 is 1.14 bits per heavy atom. The van der Waals surface area contributed by atoms with E-state index in [1.165, 1.54) is 27.8 Å². The number of aromatic hydroxyl groups is 1. The minimum atomic E-state index is -0.381. The summed E-state index contributed by atoms with van der Waals surface area (Å²) in [5.41, 5.74) is 12.6. The van der Waals surface area contributed by atoms with Crippen LogP contribution in [0.2, 0.25) is 0 Å². The van der Waals surface area contributed by atoms with E-state index in [4.69, 9.17) is 9.97 Å². The van der Waals surface area contributed by atoms with E-state index in [0.29, 0.717) is 5.75 Å². The van der Waals surface area contributed by atoms with Crippen LogP contribution in [0, 0.1) is 0 Å². The Bertz CT molecular complexity index is 2630. The molecule has 4 heteroatoms. The third kappa shape index (κ3) is 7.40. The summed E-state index contributed by atoms with van der Waals surface area (Å²) in [6.07, 6.45) is 1.93. The van der Waals surface area contributed by atoms with Gasteiger partial charge >= 0.3 is 0 Å². The van der Waals surface area contributed by atoms with E-state index in [9.17, 15) is 5.11 Å². The molecule has 0 aliphatic rings. The molecule has 0 aliphatic heterocycles. The molecule has 1 N–H and O–H groups in total. The predicted octanol–water partition coefficient (Wildman–Crippen LogP) is 14.1. The second kappa shape index (κ2) is 13.7. The summed E-state index contributed by atoms with van der Waals surface area (Å²) < 4.78 is 2.22. The van der Waals surface area contributed by atoms with Crippen molar-refractivity contribution in [3.8, 4) is 33.8 Å². The molecule has 0 saturated heterocycles. The lowest BCUT2D eigenvalue weighted by molar-refractivity contribution is 0.442. The molecule has 0 fully saturated rings. The maximum atomic E-state index is 12.3. The topological polar surface area (TPSA) is 50.9 Å². The number of rotatable bonds is 5. The minimum Gasteiger partial charge on any atom is -0.505 e. The molecule has 4 aromatic carbocycles. The summed E-state index contributed by atoms with van der Waals surface area (Å²) in [7, 11) is 0. The van der Waals surface area contributed by atoms with Crippen LogP contribution in [0.25, 0.3) is 50.0 Å². The molecule has 57 heavy (non-hydrogen) atoms. The maximum Gasteiger partial charge on any atom is 0.146 e. The van der Waals surface area contributed by atoms with Crippen LogP contribution in [0.4, 0.5) is 0 Å². The van der Waals surface area contributed by atoms with E-state index >= 15 is 0 Å². The van der Waals surface area contributed by atoms with Crippen molar-refractivity contribution in [2.45, 2.75) is 124 Å². The highest BCUT2D eigenvalue weighted by Gasteiger charge is 2.31. The molecule has 0 bridgehead atoms. The number of fused-ring (bicyclic) bond motifs is 3. The van der Waals surface area contributed by atoms with Gasteiger partial charge in [0.2, 0.25) is 0 Å². The Hall–Kier alpha value is -5.22. The molecule has 0 aliphatic carbocycles. The fourth-order valence-corrected chi connectivity index (χ4v) is 8.02. The molecule has 294 valence electrons. The summed E-state index contributed by atoms with van der Waals surface area (Å²) >= 11 is 0. The number of benzene rings is 4. The normalized spacial score (nSPS) is 13.2. The quantitative estimate of drug-likeness (QED) is 0.190. The van der Waals surface area contributed by atoms with Crippen molar-refractivity contribution < 1.29 is 5.11 Å². The van der Waals surface area contributed by atoms with Gasteiger partial charge in [0.05, 0.1) is 22.6 Å². The van der Waals surface area contributed by atoms with Gasteiger partial charge in [-0.3, -0.25) is 9.55 Å². The molecule has 0 radical (unpaired) electrons. The number of nitrogens with zero attached hydrogens (tertiary/aromatic N) is 3. The molecule has 7 aromatic rings. The van der Waals surface area contributed by atoms with Gasteiger partial charge in [-0.05, 0) is 97.5 Å². The monoisotopic (exact) mass is 755 g/mol. The van der Waals surface area contributed by atoms with E-state index in [1.54, 1.807) is 0 Å². The van der Waals surface area contributed by atoms with Crippen LogP contribution in [0.3, 0.4) is 0 Å². The van der Waals surface area contributed by atoms with Crippen LogP contribution in [-0.2, 0) is 27.1 Å². The number of phenolic OH excluding ortho intramolecular Hbond substituents is 1. The van der Waals surface area contributed by atoms with Gasteiger partial charge in [-0.1, -0.05) is 158 Å². The fourth-order valence-electron chi connectivity index (χ4n) is 8.02. The molecule has 0 saturated carbocycles. The molecule has 4 nitrogen and oxygen atoms in total. The third-order valence-electron chi connectivity index (χ3n) is 11.8. The fraction of sp³-hybridized carbons (Fsp3) is 0.358. The lowest BCUT2D eigenvalue weighted by atomic mass is 9.78.